The second-order valence-electron chi connectivity index (χ2n) is 11.3. The van der Waals surface area contributed by atoms with E-state index in [9.17, 15) is 19.5 Å². The Morgan fingerprint density at radius 2 is 1.95 bits per heavy atom. The van der Waals surface area contributed by atoms with Crippen LogP contribution in [0.25, 0.3) is 0 Å². The number of rotatable bonds is 7. The molecule has 2 fully saturated rings. The van der Waals surface area contributed by atoms with Crippen LogP contribution < -0.4 is 14.5 Å². The molecular weight excluding hydrogens is 500 g/mol. The van der Waals surface area contributed by atoms with E-state index in [0.717, 1.165) is 35.3 Å². The van der Waals surface area contributed by atoms with Gasteiger partial charge >= 0.3 is 0 Å². The lowest BCUT2D eigenvalue weighted by molar-refractivity contribution is -0.146. The first-order valence-electron chi connectivity index (χ1n) is 13.5. The van der Waals surface area contributed by atoms with Crippen molar-refractivity contribution in [2.24, 2.45) is 5.92 Å². The normalized spacial score (nSPS) is 27.4. The lowest BCUT2D eigenvalue weighted by atomic mass is 9.82. The van der Waals surface area contributed by atoms with Crippen LogP contribution in [0.1, 0.15) is 43.7 Å². The van der Waals surface area contributed by atoms with E-state index in [2.05, 4.69) is 0 Å². The molecule has 4 atom stereocenters. The van der Waals surface area contributed by atoms with Gasteiger partial charge in [-0.3, -0.25) is 9.59 Å². The van der Waals surface area contributed by atoms with Crippen molar-refractivity contribution in [3.05, 3.63) is 53.6 Å². The van der Waals surface area contributed by atoms with Crippen molar-refractivity contribution < 1.29 is 29.0 Å². The Balaban J connectivity index is 1.55. The molecule has 2 amide bonds. The van der Waals surface area contributed by atoms with Crippen LogP contribution in [0.15, 0.2) is 42.5 Å². The molecule has 2 N–H and O–H groups in total. The number of fused-ring (bicyclic) bond motifs is 2. The smallest absolute Gasteiger partial charge is 0.264 e. The van der Waals surface area contributed by atoms with Crippen molar-refractivity contribution in [2.45, 2.75) is 69.5 Å². The highest BCUT2D eigenvalue weighted by molar-refractivity contribution is 6.71. The first-order valence-corrected chi connectivity index (χ1v) is 16.5. The molecular formula is C29H38N2O6Si. The van der Waals surface area contributed by atoms with Crippen molar-refractivity contribution in [2.75, 3.05) is 30.1 Å². The number of piperidine rings is 1. The number of hydrogen-bond donors (Lipinski definition) is 2. The quantitative estimate of drug-likeness (QED) is 0.518. The van der Waals surface area contributed by atoms with E-state index in [-0.39, 0.29) is 29.9 Å². The fraction of sp³-hybridized carbons (Fsp3) is 0.517. The number of anilines is 2. The van der Waals surface area contributed by atoms with Gasteiger partial charge < -0.3 is 29.2 Å². The van der Waals surface area contributed by atoms with Gasteiger partial charge in [-0.1, -0.05) is 19.1 Å². The summed E-state index contributed by atoms with van der Waals surface area (Å²) in [4.78, 5) is 41.8. The topological polar surface area (TPSA) is 99.5 Å². The average Bonchev–Trinajstić information content (AvgIpc) is 3.31. The number of nitrogens with zero attached hydrogens (tertiary/aromatic N) is 2. The highest BCUT2D eigenvalue weighted by atomic mass is 28.4. The summed E-state index contributed by atoms with van der Waals surface area (Å²) >= 11 is 0. The summed E-state index contributed by atoms with van der Waals surface area (Å²) < 4.78 is 12.2. The van der Waals surface area contributed by atoms with E-state index in [1.807, 2.05) is 67.4 Å². The van der Waals surface area contributed by atoms with Crippen molar-refractivity contribution in [1.29, 1.82) is 0 Å². The lowest BCUT2D eigenvalue weighted by Crippen LogP contribution is -2.46. The molecule has 0 aliphatic carbocycles. The van der Waals surface area contributed by atoms with Crippen LogP contribution in [0.5, 0.6) is 5.75 Å². The number of carbonyl (C=O) groups excluding carboxylic acids is 2. The molecule has 9 heteroatoms. The van der Waals surface area contributed by atoms with Gasteiger partial charge in [-0.05, 0) is 68.3 Å². The van der Waals surface area contributed by atoms with E-state index < -0.39 is 20.0 Å². The maximum atomic E-state index is 14.4. The Kier molecular flexibility index (Phi) is 7.15. The summed E-state index contributed by atoms with van der Waals surface area (Å²) in [7, 11) is -1.17. The molecule has 5 rings (SSSR count). The summed E-state index contributed by atoms with van der Waals surface area (Å²) in [6, 6.07) is 13.4. The minimum atomic E-state index is -2.76. The number of benzene rings is 2. The molecule has 8 nitrogen and oxygen atoms in total. The zero-order valence-corrected chi connectivity index (χ0v) is 23.6. The molecule has 0 aromatic heterocycles. The van der Waals surface area contributed by atoms with E-state index in [0.29, 0.717) is 31.7 Å². The molecule has 2 aromatic rings. The Bertz CT molecular complexity index is 1230. The SMILES string of the molecule is COc1ccc2c(c1)[C@@]1(O[C@H](CCO)[C@@H]([Si](C)(C)O)[C@@H]1C)C(=O)N2Cc1cccc(N2CCCCC2=O)c1. The zero-order chi connectivity index (χ0) is 27.2. The molecule has 2 aromatic carbocycles. The predicted octanol–water partition coefficient (Wildman–Crippen LogP) is 3.94. The Hall–Kier alpha value is -2.72. The van der Waals surface area contributed by atoms with Crippen LogP contribution in [0.2, 0.25) is 18.6 Å². The van der Waals surface area contributed by atoms with Crippen molar-refractivity contribution >= 4 is 31.5 Å². The highest BCUT2D eigenvalue weighted by Crippen LogP contribution is 2.60. The van der Waals surface area contributed by atoms with E-state index in [4.69, 9.17) is 9.47 Å². The van der Waals surface area contributed by atoms with Crippen molar-refractivity contribution in [3.63, 3.8) is 0 Å². The summed E-state index contributed by atoms with van der Waals surface area (Å²) in [5, 5.41) is 9.78. The van der Waals surface area contributed by atoms with E-state index in [1.54, 1.807) is 12.0 Å². The standard InChI is InChI=1S/C29H38N2O6Si/c1-19-27(38(3,4)35)25(13-15-32)37-29(19)23-17-22(36-2)11-12-24(23)31(28(29)34)18-20-8-7-9-21(16-20)30-14-6-5-10-26(30)33/h7-9,11-12,16-17,19,25,27,32,35H,5-6,10,13-15,18H2,1-4H3/t19-,25+,27-,29+/m0/s1. The number of amides is 2. The van der Waals surface area contributed by atoms with Crippen LogP contribution in [0, 0.1) is 5.92 Å². The Morgan fingerprint density at radius 3 is 2.63 bits per heavy atom. The summed E-state index contributed by atoms with van der Waals surface area (Å²) in [6.45, 7) is 6.67. The summed E-state index contributed by atoms with van der Waals surface area (Å²) in [6.07, 6.45) is 2.38. The molecule has 0 bridgehead atoms. The maximum absolute atomic E-state index is 14.4. The second-order valence-corrected chi connectivity index (χ2v) is 15.3. The van der Waals surface area contributed by atoms with Gasteiger partial charge in [-0.25, -0.2) is 0 Å². The first-order chi connectivity index (χ1) is 18.1. The second kappa shape index (κ2) is 10.1. The van der Waals surface area contributed by atoms with Gasteiger partial charge in [0.15, 0.2) is 13.9 Å². The highest BCUT2D eigenvalue weighted by Gasteiger charge is 2.66. The maximum Gasteiger partial charge on any atom is 0.264 e. The van der Waals surface area contributed by atoms with E-state index in [1.165, 1.54) is 0 Å². The molecule has 0 unspecified atom stereocenters. The van der Waals surface area contributed by atoms with Crippen LogP contribution in [0.4, 0.5) is 11.4 Å². The predicted molar refractivity (Wildman–Crippen MR) is 148 cm³/mol. The molecule has 0 saturated carbocycles. The first kappa shape index (κ1) is 26.9. The summed E-state index contributed by atoms with van der Waals surface area (Å²) in [5.41, 5.74) is 1.75. The van der Waals surface area contributed by atoms with Gasteiger partial charge in [0.25, 0.3) is 5.91 Å². The van der Waals surface area contributed by atoms with Crippen LogP contribution in [0.3, 0.4) is 0 Å². The van der Waals surface area contributed by atoms with Crippen LogP contribution >= 0.6 is 0 Å². The molecule has 1 spiro atoms. The third-order valence-corrected chi connectivity index (χ3v) is 11.0. The minimum absolute atomic E-state index is 0.0840. The number of carbonyl (C=O) groups is 2. The fourth-order valence-electron chi connectivity index (χ4n) is 6.82. The number of methoxy groups -OCH3 is 1. The fourth-order valence-corrected chi connectivity index (χ4v) is 9.42. The van der Waals surface area contributed by atoms with Crippen LogP contribution in [-0.4, -0.2) is 56.4 Å². The van der Waals surface area contributed by atoms with Gasteiger partial charge in [-0.15, -0.1) is 0 Å². The molecule has 3 aliphatic rings. The Labute approximate surface area is 225 Å². The van der Waals surface area contributed by atoms with Gasteiger partial charge in [0, 0.05) is 42.3 Å². The third-order valence-electron chi connectivity index (χ3n) is 8.49. The summed E-state index contributed by atoms with van der Waals surface area (Å²) in [5.74, 6) is 0.289. The van der Waals surface area contributed by atoms with Gasteiger partial charge in [0.05, 0.1) is 25.4 Å². The third kappa shape index (κ3) is 4.35. The largest absolute Gasteiger partial charge is 0.497 e. The zero-order valence-electron chi connectivity index (χ0n) is 22.6. The lowest BCUT2D eigenvalue weighted by Gasteiger charge is -2.32. The number of aliphatic hydroxyl groups excluding tert-OH is 1. The molecule has 38 heavy (non-hydrogen) atoms. The molecule has 3 heterocycles. The average molecular weight is 539 g/mol. The number of aliphatic hydroxyl groups is 1. The molecule has 3 aliphatic heterocycles. The van der Waals surface area contributed by atoms with Crippen molar-refractivity contribution in [1.82, 2.24) is 0 Å². The monoisotopic (exact) mass is 538 g/mol. The number of ether oxygens (including phenoxy) is 2. The van der Waals surface area contributed by atoms with E-state index >= 15 is 0 Å². The molecule has 204 valence electrons. The van der Waals surface area contributed by atoms with Gasteiger partial charge in [-0.2, -0.15) is 0 Å². The Morgan fingerprint density at radius 1 is 1.16 bits per heavy atom. The van der Waals surface area contributed by atoms with Gasteiger partial charge in [0.2, 0.25) is 5.91 Å². The van der Waals surface area contributed by atoms with Gasteiger partial charge in [0.1, 0.15) is 5.75 Å². The van der Waals surface area contributed by atoms with Crippen molar-refractivity contribution in [3.8, 4) is 5.75 Å². The molecule has 2 saturated heterocycles. The minimum Gasteiger partial charge on any atom is -0.497 e. The molecule has 0 radical (unpaired) electrons. The van der Waals surface area contributed by atoms with Crippen LogP contribution in [-0.2, 0) is 26.5 Å². The number of hydrogen-bond acceptors (Lipinski definition) is 6.